The Morgan fingerprint density at radius 3 is 2.38 bits per heavy atom. The Morgan fingerprint density at radius 1 is 1.05 bits per heavy atom. The van der Waals surface area contributed by atoms with Crippen molar-refractivity contribution in [3.8, 4) is 11.5 Å². The first-order valence-electron chi connectivity index (χ1n) is 12.3. The number of halogens is 1. The van der Waals surface area contributed by atoms with E-state index in [1.165, 1.54) is 31.4 Å². The van der Waals surface area contributed by atoms with E-state index in [2.05, 4.69) is 15.3 Å². The number of benzene rings is 2. The second-order valence-corrected chi connectivity index (χ2v) is 8.22. The van der Waals surface area contributed by atoms with Crippen molar-refractivity contribution >= 4 is 40.4 Å². The molecule has 0 saturated heterocycles. The molecule has 1 amide bonds. The van der Waals surface area contributed by atoms with Crippen molar-refractivity contribution in [3.05, 3.63) is 47.9 Å². The summed E-state index contributed by atoms with van der Waals surface area (Å²) in [6, 6.07) is 7.37. The van der Waals surface area contributed by atoms with Gasteiger partial charge in [-0.15, -0.1) is 0 Å². The minimum Gasteiger partial charge on any atom is -0.496 e. The number of anilines is 2. The molecule has 3 aromatic rings. The predicted molar refractivity (Wildman–Crippen MR) is 141 cm³/mol. The number of hydrogen-bond acceptors (Lipinski definition) is 10. The van der Waals surface area contributed by atoms with Gasteiger partial charge in [0.25, 0.3) is 5.91 Å². The van der Waals surface area contributed by atoms with Crippen LogP contribution in [-0.4, -0.2) is 68.3 Å². The summed E-state index contributed by atoms with van der Waals surface area (Å²) in [6.45, 7) is 3.50. The highest BCUT2D eigenvalue weighted by molar-refractivity contribution is 6.02. The van der Waals surface area contributed by atoms with E-state index in [1.807, 2.05) is 18.2 Å². The third-order valence-electron chi connectivity index (χ3n) is 5.78. The van der Waals surface area contributed by atoms with Gasteiger partial charge in [0.05, 0.1) is 50.4 Å². The van der Waals surface area contributed by atoms with Gasteiger partial charge in [-0.2, -0.15) is 0 Å². The number of methoxy groups -OCH3 is 2. The predicted octanol–water partition coefficient (Wildman–Crippen LogP) is 3.56. The third-order valence-corrected chi connectivity index (χ3v) is 5.78. The topological polar surface area (TPSA) is 129 Å². The van der Waals surface area contributed by atoms with Crippen LogP contribution in [0.25, 0.3) is 11.0 Å². The first-order valence-corrected chi connectivity index (χ1v) is 12.3. The Hall–Kier alpha value is -4.48. The number of carbonyl (C=O) groups excluding carboxylic acids is 3. The van der Waals surface area contributed by atoms with Gasteiger partial charge in [0.15, 0.2) is 17.4 Å². The largest absolute Gasteiger partial charge is 0.496 e. The molecule has 1 heterocycles. The minimum atomic E-state index is -1.20. The summed E-state index contributed by atoms with van der Waals surface area (Å²) in [7, 11) is 4.10. The SMILES string of the molecule is CCOC(=O)CCC(NC(=O)c1c(OC)cc(N(C)c2cnc3ccccc3n2)c(F)c1OC)C(=O)OCC. The van der Waals surface area contributed by atoms with E-state index < -0.39 is 35.5 Å². The molecule has 1 aromatic heterocycles. The second-order valence-electron chi connectivity index (χ2n) is 8.22. The average molecular weight is 543 g/mol. The van der Waals surface area contributed by atoms with Crippen LogP contribution in [0.15, 0.2) is 36.5 Å². The van der Waals surface area contributed by atoms with Crippen molar-refractivity contribution in [1.29, 1.82) is 0 Å². The summed E-state index contributed by atoms with van der Waals surface area (Å²) in [5.41, 5.74) is 1.03. The fourth-order valence-electron chi connectivity index (χ4n) is 3.86. The summed E-state index contributed by atoms with van der Waals surface area (Å²) in [5.74, 6) is -3.09. The van der Waals surface area contributed by atoms with E-state index in [0.29, 0.717) is 16.9 Å². The highest BCUT2D eigenvalue weighted by Crippen LogP contribution is 2.40. The molecule has 0 aliphatic heterocycles. The van der Waals surface area contributed by atoms with Crippen LogP contribution in [0, 0.1) is 5.82 Å². The molecule has 2 aromatic carbocycles. The van der Waals surface area contributed by atoms with E-state index in [-0.39, 0.29) is 43.1 Å². The van der Waals surface area contributed by atoms with Crippen molar-refractivity contribution in [2.75, 3.05) is 39.4 Å². The third kappa shape index (κ3) is 6.70. The van der Waals surface area contributed by atoms with Crippen LogP contribution in [0.5, 0.6) is 11.5 Å². The summed E-state index contributed by atoms with van der Waals surface area (Å²) in [5, 5.41) is 2.51. The lowest BCUT2D eigenvalue weighted by Crippen LogP contribution is -2.42. The zero-order valence-electron chi connectivity index (χ0n) is 22.4. The number of amides is 1. The van der Waals surface area contributed by atoms with Crippen LogP contribution < -0.4 is 19.7 Å². The van der Waals surface area contributed by atoms with Crippen molar-refractivity contribution in [2.24, 2.45) is 0 Å². The van der Waals surface area contributed by atoms with Gasteiger partial charge < -0.3 is 29.2 Å². The fourth-order valence-corrected chi connectivity index (χ4v) is 3.86. The van der Waals surface area contributed by atoms with Crippen molar-refractivity contribution in [1.82, 2.24) is 15.3 Å². The lowest BCUT2D eigenvalue weighted by atomic mass is 10.1. The summed E-state index contributed by atoms with van der Waals surface area (Å²) in [6.07, 6.45) is 1.27. The van der Waals surface area contributed by atoms with Crippen molar-refractivity contribution in [2.45, 2.75) is 32.7 Å². The number of fused-ring (bicyclic) bond motifs is 1. The van der Waals surface area contributed by atoms with Gasteiger partial charge in [0.1, 0.15) is 17.4 Å². The first kappa shape index (κ1) is 29.1. The Balaban J connectivity index is 1.97. The lowest BCUT2D eigenvalue weighted by Gasteiger charge is -2.23. The molecule has 1 atom stereocenters. The number of para-hydroxylation sites is 2. The molecule has 0 fully saturated rings. The van der Waals surface area contributed by atoms with Crippen molar-refractivity contribution < 1.29 is 37.7 Å². The number of nitrogens with zero attached hydrogens (tertiary/aromatic N) is 3. The minimum absolute atomic E-state index is 0.00841. The molecule has 39 heavy (non-hydrogen) atoms. The van der Waals surface area contributed by atoms with Crippen LogP contribution >= 0.6 is 0 Å². The van der Waals surface area contributed by atoms with Gasteiger partial charge in [-0.25, -0.2) is 14.2 Å². The molecule has 12 heteroatoms. The molecule has 0 aliphatic rings. The fraction of sp³-hybridized carbons (Fsp3) is 0.370. The molecule has 0 bridgehead atoms. The highest BCUT2D eigenvalue weighted by Gasteiger charge is 2.31. The van der Waals surface area contributed by atoms with E-state index in [1.54, 1.807) is 27.0 Å². The number of hydrogen-bond donors (Lipinski definition) is 1. The molecular formula is C27H31FN4O7. The molecule has 0 aliphatic carbocycles. The molecule has 0 radical (unpaired) electrons. The van der Waals surface area contributed by atoms with Gasteiger partial charge in [-0.1, -0.05) is 12.1 Å². The van der Waals surface area contributed by atoms with E-state index in [0.717, 1.165) is 0 Å². The van der Waals surface area contributed by atoms with Gasteiger partial charge in [-0.05, 0) is 32.4 Å². The average Bonchev–Trinajstić information content (AvgIpc) is 2.94. The number of aromatic nitrogens is 2. The quantitative estimate of drug-likeness (QED) is 0.339. The summed E-state index contributed by atoms with van der Waals surface area (Å²) in [4.78, 5) is 48.0. The molecule has 0 spiro atoms. The van der Waals surface area contributed by atoms with Gasteiger partial charge in [-0.3, -0.25) is 14.6 Å². The molecular weight excluding hydrogens is 511 g/mol. The second kappa shape index (κ2) is 13.4. The van der Waals surface area contributed by atoms with E-state index in [4.69, 9.17) is 18.9 Å². The van der Waals surface area contributed by atoms with Gasteiger partial charge >= 0.3 is 11.9 Å². The van der Waals surface area contributed by atoms with Crippen molar-refractivity contribution in [3.63, 3.8) is 0 Å². The maximum absolute atomic E-state index is 15.8. The monoisotopic (exact) mass is 542 g/mol. The Labute approximate surface area is 225 Å². The normalized spacial score (nSPS) is 11.4. The molecule has 0 saturated carbocycles. The summed E-state index contributed by atoms with van der Waals surface area (Å²) >= 11 is 0. The Bertz CT molecular complexity index is 1350. The van der Waals surface area contributed by atoms with Crippen LogP contribution in [0.1, 0.15) is 37.0 Å². The molecule has 1 unspecified atom stereocenters. The zero-order valence-corrected chi connectivity index (χ0v) is 22.4. The zero-order chi connectivity index (χ0) is 28.5. The maximum atomic E-state index is 15.8. The van der Waals surface area contributed by atoms with Crippen LogP contribution in [0.3, 0.4) is 0 Å². The maximum Gasteiger partial charge on any atom is 0.328 e. The number of ether oxygens (including phenoxy) is 4. The van der Waals surface area contributed by atoms with E-state index >= 15 is 4.39 Å². The van der Waals surface area contributed by atoms with Crippen LogP contribution in [0.2, 0.25) is 0 Å². The number of nitrogens with one attached hydrogen (secondary N) is 1. The van der Waals surface area contributed by atoms with Gasteiger partial charge in [0.2, 0.25) is 0 Å². The van der Waals surface area contributed by atoms with Crippen LogP contribution in [0.4, 0.5) is 15.9 Å². The lowest BCUT2D eigenvalue weighted by molar-refractivity contribution is -0.146. The van der Waals surface area contributed by atoms with Crippen LogP contribution in [-0.2, 0) is 19.1 Å². The highest BCUT2D eigenvalue weighted by atomic mass is 19.1. The number of esters is 2. The molecule has 1 N–H and O–H groups in total. The Morgan fingerprint density at radius 2 is 1.74 bits per heavy atom. The first-order chi connectivity index (χ1) is 18.7. The number of carbonyl (C=O) groups is 3. The molecule has 11 nitrogen and oxygen atoms in total. The smallest absolute Gasteiger partial charge is 0.328 e. The van der Waals surface area contributed by atoms with Gasteiger partial charge in [0, 0.05) is 19.5 Å². The molecule has 3 rings (SSSR count). The number of rotatable bonds is 12. The van der Waals surface area contributed by atoms with E-state index in [9.17, 15) is 14.4 Å². The standard InChI is InChI=1S/C27H31FN4O7/c1-6-38-22(33)13-12-18(27(35)39-7-2)31-26(34)23-20(36-4)14-19(24(28)25(23)37-5)32(3)21-15-29-16-10-8-9-11-17(16)30-21/h8-11,14-15,18H,6-7,12-13H2,1-5H3,(H,31,34). The Kier molecular flexibility index (Phi) is 9.96. The molecule has 208 valence electrons. The summed E-state index contributed by atoms with van der Waals surface area (Å²) < 4.78 is 36.5.